The average Bonchev–Trinajstić information content (AvgIpc) is 3.27. The Hall–Kier alpha value is -4.21. The van der Waals surface area contributed by atoms with E-state index in [0.717, 1.165) is 24.3 Å². The van der Waals surface area contributed by atoms with Crippen LogP contribution in [-0.2, 0) is 17.5 Å². The summed E-state index contributed by atoms with van der Waals surface area (Å²) in [4.78, 5) is 24.7. The molecule has 41 heavy (non-hydrogen) atoms. The van der Waals surface area contributed by atoms with Crippen LogP contribution < -0.4 is 5.32 Å². The second-order valence-corrected chi connectivity index (χ2v) is 11.4. The first kappa shape index (κ1) is 27.0. The summed E-state index contributed by atoms with van der Waals surface area (Å²) in [7, 11) is 0. The molecule has 1 amide bonds. The number of hydrogen-bond acceptors (Lipinski definition) is 2. The first-order valence-electron chi connectivity index (χ1n) is 13.1. The van der Waals surface area contributed by atoms with Crippen LogP contribution in [0.5, 0.6) is 0 Å². The Morgan fingerprint density at radius 1 is 0.902 bits per heavy atom. The molecule has 0 aliphatic heterocycles. The van der Waals surface area contributed by atoms with Crippen molar-refractivity contribution in [1.29, 1.82) is 0 Å². The molecule has 3 aliphatic rings. The molecule has 0 atom stereocenters. The van der Waals surface area contributed by atoms with Crippen LogP contribution in [0.1, 0.15) is 53.6 Å². The lowest BCUT2D eigenvalue weighted by Crippen LogP contribution is -2.74. The first-order valence-corrected chi connectivity index (χ1v) is 13.1. The maximum absolute atomic E-state index is 14.1. The van der Waals surface area contributed by atoms with Crippen molar-refractivity contribution in [2.45, 2.75) is 50.4 Å². The summed E-state index contributed by atoms with van der Waals surface area (Å²) in [6.07, 6.45) is 0.000843. The first-order chi connectivity index (χ1) is 19.4. The molecule has 1 heterocycles. The topological polar surface area (TPSA) is 71.3 Å². The van der Waals surface area contributed by atoms with Crippen LogP contribution in [0.25, 0.3) is 22.0 Å². The van der Waals surface area contributed by atoms with E-state index in [1.165, 1.54) is 18.2 Å². The number of nitrogens with one attached hydrogen (secondary N) is 1. The number of amides is 1. The van der Waals surface area contributed by atoms with Crippen LogP contribution in [0, 0.1) is 17.0 Å². The highest BCUT2D eigenvalue weighted by atomic mass is 19.4. The summed E-state index contributed by atoms with van der Waals surface area (Å²) < 4.78 is 68.5. The molecule has 3 fully saturated rings. The molecule has 0 radical (unpaired) electrons. The van der Waals surface area contributed by atoms with Gasteiger partial charge < -0.3 is 15.0 Å². The molecule has 0 unspecified atom stereocenters. The van der Waals surface area contributed by atoms with E-state index >= 15 is 0 Å². The van der Waals surface area contributed by atoms with Gasteiger partial charge in [0.1, 0.15) is 0 Å². The Labute approximate surface area is 231 Å². The number of alkyl halides is 3. The summed E-state index contributed by atoms with van der Waals surface area (Å²) in [6.45, 7) is 0.204. The molecular formula is C31H25F5N2O3. The maximum atomic E-state index is 14.1. The number of aliphatic carboxylic acids is 1. The number of fused-ring (bicyclic) bond motifs is 1. The summed E-state index contributed by atoms with van der Waals surface area (Å²) in [5.74, 6) is -3.22. The maximum Gasteiger partial charge on any atom is 0.416 e. The van der Waals surface area contributed by atoms with E-state index in [0.29, 0.717) is 58.8 Å². The van der Waals surface area contributed by atoms with E-state index in [4.69, 9.17) is 5.11 Å². The molecule has 212 valence electrons. The van der Waals surface area contributed by atoms with Gasteiger partial charge in [-0.15, -0.1) is 0 Å². The molecule has 10 heteroatoms. The molecular weight excluding hydrogens is 543 g/mol. The third-order valence-corrected chi connectivity index (χ3v) is 8.38. The minimum atomic E-state index is -4.45. The van der Waals surface area contributed by atoms with Crippen molar-refractivity contribution < 1.29 is 36.6 Å². The van der Waals surface area contributed by atoms with Crippen molar-refractivity contribution in [1.82, 2.24) is 9.88 Å². The molecule has 5 nitrogen and oxygen atoms in total. The van der Waals surface area contributed by atoms with E-state index in [1.807, 2.05) is 0 Å². The quantitative estimate of drug-likeness (QED) is 0.222. The van der Waals surface area contributed by atoms with Crippen molar-refractivity contribution >= 4 is 22.8 Å². The number of halogens is 5. The number of carboxylic acids is 1. The number of hydrogen-bond donors (Lipinski definition) is 2. The Bertz CT molecular complexity index is 1670. The fourth-order valence-corrected chi connectivity index (χ4v) is 6.57. The number of carbonyl (C=O) groups excluding carboxylic acids is 1. The Morgan fingerprint density at radius 2 is 1.61 bits per heavy atom. The largest absolute Gasteiger partial charge is 0.481 e. The van der Waals surface area contributed by atoms with Crippen LogP contribution in [0.2, 0.25) is 0 Å². The Kier molecular flexibility index (Phi) is 6.20. The number of carbonyl (C=O) groups is 2. The van der Waals surface area contributed by atoms with E-state index in [2.05, 4.69) is 5.32 Å². The van der Waals surface area contributed by atoms with Crippen LogP contribution in [0.4, 0.5) is 22.0 Å². The van der Waals surface area contributed by atoms with Crippen LogP contribution in [0.15, 0.2) is 66.9 Å². The standard InChI is InChI=1S/C31H25F5N2O3/c32-24-6-3-19(13-25(24)33)21-11-20-8-10-38(14-18-1-4-22(5-2-18)31(34,35)36)27(20)23(12-21)28(41)37-30-15-29(16-30,17-30)9-7-26(39)40/h1-6,8,10-13H,7,9,14-17H2,(H,37,41)(H,39,40). The highest BCUT2D eigenvalue weighted by Crippen LogP contribution is 2.69. The van der Waals surface area contributed by atoms with Crippen LogP contribution >= 0.6 is 0 Å². The molecule has 2 N–H and O–H groups in total. The smallest absolute Gasteiger partial charge is 0.416 e. The van der Waals surface area contributed by atoms with E-state index in [1.54, 1.807) is 29.0 Å². The van der Waals surface area contributed by atoms with Gasteiger partial charge in [0.2, 0.25) is 0 Å². The summed E-state index contributed by atoms with van der Waals surface area (Å²) >= 11 is 0. The highest BCUT2D eigenvalue weighted by molar-refractivity contribution is 6.08. The summed E-state index contributed by atoms with van der Waals surface area (Å²) in [6, 6.07) is 13.4. The van der Waals surface area contributed by atoms with Gasteiger partial charge in [-0.05, 0) is 90.3 Å². The third kappa shape index (κ3) is 4.96. The summed E-state index contributed by atoms with van der Waals surface area (Å²) in [5.41, 5.74) is 1.12. The number of carboxylic acid groups (broad SMARTS) is 1. The van der Waals surface area contributed by atoms with Gasteiger partial charge in [0.15, 0.2) is 11.6 Å². The number of rotatable bonds is 8. The molecule has 1 aromatic heterocycles. The molecule has 3 aliphatic carbocycles. The highest BCUT2D eigenvalue weighted by Gasteiger charge is 2.67. The number of nitrogens with zero attached hydrogens (tertiary/aromatic N) is 1. The van der Waals surface area contributed by atoms with Crippen molar-refractivity contribution in [2.75, 3.05) is 0 Å². The van der Waals surface area contributed by atoms with Crippen LogP contribution in [0.3, 0.4) is 0 Å². The van der Waals surface area contributed by atoms with Gasteiger partial charge in [-0.2, -0.15) is 13.2 Å². The second kappa shape index (κ2) is 9.43. The second-order valence-electron chi connectivity index (χ2n) is 11.4. The fraction of sp³-hybridized carbons (Fsp3) is 0.290. The van der Waals surface area contributed by atoms with Gasteiger partial charge in [-0.25, -0.2) is 8.78 Å². The zero-order chi connectivity index (χ0) is 29.2. The number of aromatic nitrogens is 1. The fourth-order valence-electron chi connectivity index (χ4n) is 6.57. The molecule has 4 aromatic rings. The van der Waals surface area contributed by atoms with Crippen molar-refractivity contribution in [3.8, 4) is 11.1 Å². The van der Waals surface area contributed by atoms with Gasteiger partial charge in [-0.3, -0.25) is 9.59 Å². The Balaban J connectivity index is 1.33. The average molecular weight is 569 g/mol. The van der Waals surface area contributed by atoms with Gasteiger partial charge in [-0.1, -0.05) is 18.2 Å². The van der Waals surface area contributed by atoms with Gasteiger partial charge in [0.05, 0.1) is 16.6 Å². The molecule has 7 rings (SSSR count). The van der Waals surface area contributed by atoms with Crippen molar-refractivity contribution in [3.63, 3.8) is 0 Å². The van der Waals surface area contributed by atoms with Gasteiger partial charge in [0, 0.05) is 30.1 Å². The van der Waals surface area contributed by atoms with Gasteiger partial charge >= 0.3 is 12.1 Å². The molecule has 3 saturated carbocycles. The predicted molar refractivity (Wildman–Crippen MR) is 141 cm³/mol. The lowest BCUT2D eigenvalue weighted by Gasteiger charge is -2.71. The minimum Gasteiger partial charge on any atom is -0.481 e. The SMILES string of the molecule is O=C(O)CCC12CC(NC(=O)c3cc(-c4ccc(F)c(F)c4)cc4ccn(Cc5ccc(C(F)(F)F)cc5)c34)(C1)C2. The van der Waals surface area contributed by atoms with E-state index in [9.17, 15) is 31.5 Å². The van der Waals surface area contributed by atoms with Crippen LogP contribution in [-0.4, -0.2) is 27.1 Å². The monoisotopic (exact) mass is 568 g/mol. The molecule has 0 saturated heterocycles. The van der Waals surface area contributed by atoms with E-state index < -0.39 is 34.9 Å². The zero-order valence-electron chi connectivity index (χ0n) is 21.7. The molecule has 2 bridgehead atoms. The van der Waals surface area contributed by atoms with Crippen molar-refractivity contribution in [3.05, 3.63) is 95.2 Å². The Morgan fingerprint density at radius 3 is 2.24 bits per heavy atom. The van der Waals surface area contributed by atoms with Gasteiger partial charge in [0.25, 0.3) is 5.91 Å². The third-order valence-electron chi connectivity index (χ3n) is 8.38. The van der Waals surface area contributed by atoms with E-state index in [-0.39, 0.29) is 24.3 Å². The minimum absolute atomic E-state index is 0.0583. The molecule has 0 spiro atoms. The summed E-state index contributed by atoms with van der Waals surface area (Å²) in [5, 5.41) is 12.8. The number of benzene rings is 3. The zero-order valence-corrected chi connectivity index (χ0v) is 21.7. The lowest BCUT2D eigenvalue weighted by atomic mass is 9.38. The lowest BCUT2D eigenvalue weighted by molar-refractivity contribution is -0.161. The molecule has 3 aromatic carbocycles. The predicted octanol–water partition coefficient (Wildman–Crippen LogP) is 7.17. The van der Waals surface area contributed by atoms with Crippen molar-refractivity contribution in [2.24, 2.45) is 5.41 Å². The normalized spacial score (nSPS) is 21.3.